The van der Waals surface area contributed by atoms with E-state index in [1.165, 1.54) is 6.92 Å². The molecule has 26 heavy (non-hydrogen) atoms. The van der Waals surface area contributed by atoms with E-state index in [1.54, 1.807) is 24.3 Å². The Bertz CT molecular complexity index is 781. The number of hydrazine groups is 1. The highest BCUT2D eigenvalue weighted by Crippen LogP contribution is 2.18. The Morgan fingerprint density at radius 3 is 2.31 bits per heavy atom. The van der Waals surface area contributed by atoms with Crippen LogP contribution < -0.4 is 20.3 Å². The third-order valence-corrected chi connectivity index (χ3v) is 3.29. The Balaban J connectivity index is 1.87. The smallest absolute Gasteiger partial charge is 0.279 e. The average molecular weight is 364 g/mol. The molecule has 2 N–H and O–H groups in total. The van der Waals surface area contributed by atoms with Crippen molar-refractivity contribution >= 4 is 11.8 Å². The van der Waals surface area contributed by atoms with Gasteiger partial charge < -0.3 is 9.47 Å². The first-order valence-electron chi connectivity index (χ1n) is 7.85. The molecule has 0 bridgehead atoms. The molecule has 1 atom stereocenters. The molecule has 0 fully saturated rings. The molecule has 0 saturated carbocycles. The van der Waals surface area contributed by atoms with E-state index < -0.39 is 35.1 Å². The summed E-state index contributed by atoms with van der Waals surface area (Å²) in [5.41, 5.74) is 3.78. The van der Waals surface area contributed by atoms with Gasteiger partial charge in [-0.3, -0.25) is 20.4 Å². The Kier molecular flexibility index (Phi) is 6.48. The SMILES string of the molecule is CCOc1ccc(O[C@H](C)C(=O)NNC(=O)c2ccc(F)cc2F)cc1. The molecule has 0 saturated heterocycles. The molecular weight excluding hydrogens is 346 g/mol. The molecule has 0 aromatic heterocycles. The largest absolute Gasteiger partial charge is 0.494 e. The van der Waals surface area contributed by atoms with E-state index in [4.69, 9.17) is 9.47 Å². The van der Waals surface area contributed by atoms with Crippen molar-refractivity contribution in [1.82, 2.24) is 10.9 Å². The second-order valence-electron chi connectivity index (χ2n) is 5.23. The lowest BCUT2D eigenvalue weighted by atomic mass is 10.2. The molecule has 2 amide bonds. The Hall–Kier alpha value is -3.16. The molecule has 2 aromatic rings. The number of halogens is 2. The minimum absolute atomic E-state index is 0.396. The van der Waals surface area contributed by atoms with Crippen LogP contribution in [0.1, 0.15) is 24.2 Å². The lowest BCUT2D eigenvalue weighted by Crippen LogP contribution is -2.47. The van der Waals surface area contributed by atoms with E-state index >= 15 is 0 Å². The first kappa shape index (κ1) is 19.2. The molecule has 0 heterocycles. The van der Waals surface area contributed by atoms with Gasteiger partial charge in [0.05, 0.1) is 12.2 Å². The van der Waals surface area contributed by atoms with Crippen molar-refractivity contribution in [1.29, 1.82) is 0 Å². The van der Waals surface area contributed by atoms with Crippen molar-refractivity contribution in [3.8, 4) is 11.5 Å². The van der Waals surface area contributed by atoms with Crippen LogP contribution in [0.3, 0.4) is 0 Å². The molecule has 0 spiro atoms. The summed E-state index contributed by atoms with van der Waals surface area (Å²) in [4.78, 5) is 23.8. The molecule has 0 unspecified atom stereocenters. The Morgan fingerprint density at radius 1 is 1.04 bits per heavy atom. The van der Waals surface area contributed by atoms with Gasteiger partial charge in [-0.05, 0) is 50.2 Å². The van der Waals surface area contributed by atoms with Crippen molar-refractivity contribution in [2.45, 2.75) is 20.0 Å². The minimum Gasteiger partial charge on any atom is -0.494 e. The number of carbonyl (C=O) groups excluding carboxylic acids is 2. The van der Waals surface area contributed by atoms with Crippen LogP contribution in [0.2, 0.25) is 0 Å². The number of ether oxygens (including phenoxy) is 2. The van der Waals surface area contributed by atoms with Gasteiger partial charge in [0.25, 0.3) is 11.8 Å². The topological polar surface area (TPSA) is 76.7 Å². The summed E-state index contributed by atoms with van der Waals surface area (Å²) in [6, 6.07) is 9.17. The maximum atomic E-state index is 13.5. The van der Waals surface area contributed by atoms with Crippen LogP contribution in [0, 0.1) is 11.6 Å². The van der Waals surface area contributed by atoms with Gasteiger partial charge in [-0.15, -0.1) is 0 Å². The predicted octanol–water partition coefficient (Wildman–Crippen LogP) is 2.59. The zero-order valence-corrected chi connectivity index (χ0v) is 14.2. The van der Waals surface area contributed by atoms with Gasteiger partial charge >= 0.3 is 0 Å². The second-order valence-corrected chi connectivity index (χ2v) is 5.23. The molecular formula is C18H18F2N2O4. The molecule has 138 valence electrons. The van der Waals surface area contributed by atoms with E-state index in [2.05, 4.69) is 10.9 Å². The van der Waals surface area contributed by atoms with Crippen molar-refractivity contribution < 1.29 is 27.8 Å². The van der Waals surface area contributed by atoms with Gasteiger partial charge in [0, 0.05) is 6.07 Å². The zero-order valence-electron chi connectivity index (χ0n) is 14.2. The number of hydrogen-bond donors (Lipinski definition) is 2. The molecule has 0 aliphatic rings. The molecule has 2 aromatic carbocycles. The maximum absolute atomic E-state index is 13.5. The van der Waals surface area contributed by atoms with Gasteiger partial charge in [0.2, 0.25) is 0 Å². The highest BCUT2D eigenvalue weighted by atomic mass is 19.1. The van der Waals surface area contributed by atoms with Crippen molar-refractivity contribution in [3.63, 3.8) is 0 Å². The van der Waals surface area contributed by atoms with Crippen LogP contribution in [0.4, 0.5) is 8.78 Å². The van der Waals surface area contributed by atoms with Crippen molar-refractivity contribution in [2.24, 2.45) is 0 Å². The van der Waals surface area contributed by atoms with Crippen LogP contribution in [-0.4, -0.2) is 24.5 Å². The van der Waals surface area contributed by atoms with Crippen LogP contribution in [0.25, 0.3) is 0 Å². The fourth-order valence-electron chi connectivity index (χ4n) is 2.00. The zero-order chi connectivity index (χ0) is 19.1. The highest BCUT2D eigenvalue weighted by molar-refractivity contribution is 5.96. The molecule has 0 aliphatic heterocycles. The van der Waals surface area contributed by atoms with E-state index in [0.29, 0.717) is 24.2 Å². The van der Waals surface area contributed by atoms with Gasteiger partial charge in [-0.25, -0.2) is 8.78 Å². The summed E-state index contributed by atoms with van der Waals surface area (Å²) >= 11 is 0. The Labute approximate surface area is 149 Å². The summed E-state index contributed by atoms with van der Waals surface area (Å²) in [5.74, 6) is -2.28. The fourth-order valence-corrected chi connectivity index (χ4v) is 2.00. The quantitative estimate of drug-likeness (QED) is 0.773. The van der Waals surface area contributed by atoms with Gasteiger partial charge in [-0.2, -0.15) is 0 Å². The first-order chi connectivity index (χ1) is 12.4. The van der Waals surface area contributed by atoms with Crippen molar-refractivity contribution in [3.05, 3.63) is 59.7 Å². The van der Waals surface area contributed by atoms with Crippen LogP contribution >= 0.6 is 0 Å². The maximum Gasteiger partial charge on any atom is 0.279 e. The number of amides is 2. The third kappa shape index (κ3) is 5.17. The fraction of sp³-hybridized carbons (Fsp3) is 0.222. The van der Waals surface area contributed by atoms with Gasteiger partial charge in [0.15, 0.2) is 6.10 Å². The number of hydrogen-bond acceptors (Lipinski definition) is 4. The van der Waals surface area contributed by atoms with Crippen molar-refractivity contribution in [2.75, 3.05) is 6.61 Å². The van der Waals surface area contributed by atoms with Crippen LogP contribution in [0.15, 0.2) is 42.5 Å². The average Bonchev–Trinajstić information content (AvgIpc) is 2.61. The minimum atomic E-state index is -1.03. The lowest BCUT2D eigenvalue weighted by Gasteiger charge is -2.15. The number of rotatable bonds is 6. The number of benzene rings is 2. The molecule has 6 nitrogen and oxygen atoms in total. The summed E-state index contributed by atoms with van der Waals surface area (Å²) < 4.78 is 37.1. The monoisotopic (exact) mass is 364 g/mol. The van der Waals surface area contributed by atoms with E-state index in [-0.39, 0.29) is 0 Å². The second kappa shape index (κ2) is 8.80. The predicted molar refractivity (Wildman–Crippen MR) is 89.7 cm³/mol. The molecule has 0 radical (unpaired) electrons. The highest BCUT2D eigenvalue weighted by Gasteiger charge is 2.17. The number of nitrogens with one attached hydrogen (secondary N) is 2. The summed E-state index contributed by atoms with van der Waals surface area (Å²) in [6.07, 6.45) is -0.925. The first-order valence-corrected chi connectivity index (χ1v) is 7.85. The van der Waals surface area contributed by atoms with Gasteiger partial charge in [0.1, 0.15) is 23.1 Å². The summed E-state index contributed by atoms with van der Waals surface area (Å²) in [5, 5.41) is 0. The Morgan fingerprint density at radius 2 is 1.69 bits per heavy atom. The molecule has 2 rings (SSSR count). The normalized spacial score (nSPS) is 11.4. The van der Waals surface area contributed by atoms with Crippen LogP contribution in [-0.2, 0) is 4.79 Å². The molecule has 0 aliphatic carbocycles. The van der Waals surface area contributed by atoms with E-state index in [0.717, 1.165) is 12.1 Å². The van der Waals surface area contributed by atoms with E-state index in [9.17, 15) is 18.4 Å². The van der Waals surface area contributed by atoms with Crippen LogP contribution in [0.5, 0.6) is 11.5 Å². The third-order valence-electron chi connectivity index (χ3n) is 3.29. The van der Waals surface area contributed by atoms with Gasteiger partial charge in [-0.1, -0.05) is 0 Å². The summed E-state index contributed by atoms with van der Waals surface area (Å²) in [7, 11) is 0. The lowest BCUT2D eigenvalue weighted by molar-refractivity contribution is -0.128. The molecule has 8 heteroatoms. The van der Waals surface area contributed by atoms with E-state index in [1.807, 2.05) is 6.92 Å². The standard InChI is InChI=1S/C18H18F2N2O4/c1-3-25-13-5-7-14(8-6-13)26-11(2)17(23)21-22-18(24)15-9-4-12(19)10-16(15)20/h4-11H,3H2,1-2H3,(H,21,23)(H,22,24)/t11-/m1/s1. The number of carbonyl (C=O) groups is 2. The summed E-state index contributed by atoms with van der Waals surface area (Å²) in [6.45, 7) is 3.88.